The Kier molecular flexibility index (Phi) is 4.33. The van der Waals surface area contributed by atoms with Crippen molar-refractivity contribution in [3.8, 4) is 0 Å². The first-order valence-corrected chi connectivity index (χ1v) is 6.69. The molecule has 23 heavy (non-hydrogen) atoms. The Morgan fingerprint density at radius 1 is 1.57 bits per heavy atom. The molecule has 1 atom stereocenters. The molecule has 12 heteroatoms. The minimum atomic E-state index is -4.77. The Morgan fingerprint density at radius 2 is 2.22 bits per heavy atom. The van der Waals surface area contributed by atoms with Crippen LogP contribution in [0.1, 0.15) is 19.3 Å². The lowest BCUT2D eigenvalue weighted by molar-refractivity contribution is -0.384. The number of hydrogen-bond acceptors (Lipinski definition) is 6. The standard InChI is InChI=1S/C11H10ClF3N4O4/c12-9-16-4-6(19(22)23)7(17-9)18-3-1-2-10(18,8(20)21)5-11(13,14)15/h4H,1-3,5H2,(H,20,21). The van der Waals surface area contributed by atoms with Crippen molar-refractivity contribution in [2.75, 3.05) is 11.4 Å². The van der Waals surface area contributed by atoms with Gasteiger partial charge in [-0.15, -0.1) is 0 Å². The number of aliphatic carboxylic acids is 1. The zero-order valence-corrected chi connectivity index (χ0v) is 12.1. The second-order valence-corrected chi connectivity index (χ2v) is 5.33. The maximum Gasteiger partial charge on any atom is 0.391 e. The molecule has 0 spiro atoms. The second-order valence-electron chi connectivity index (χ2n) is 4.99. The van der Waals surface area contributed by atoms with Gasteiger partial charge in [0.05, 0.1) is 11.3 Å². The fraction of sp³-hybridized carbons (Fsp3) is 0.545. The molecule has 0 radical (unpaired) electrons. The highest BCUT2D eigenvalue weighted by atomic mass is 35.5. The molecule has 1 aromatic rings. The fourth-order valence-electron chi connectivity index (χ4n) is 2.67. The number of carboxylic acid groups (broad SMARTS) is 1. The van der Waals surface area contributed by atoms with Gasteiger partial charge in [0.2, 0.25) is 11.1 Å². The molecule has 0 saturated carbocycles. The van der Waals surface area contributed by atoms with Crippen molar-refractivity contribution in [1.82, 2.24) is 9.97 Å². The average molecular weight is 355 g/mol. The fourth-order valence-corrected chi connectivity index (χ4v) is 2.80. The van der Waals surface area contributed by atoms with Gasteiger partial charge >= 0.3 is 17.8 Å². The summed E-state index contributed by atoms with van der Waals surface area (Å²) < 4.78 is 38.6. The SMILES string of the molecule is O=C(O)C1(CC(F)(F)F)CCCN1c1nc(Cl)ncc1[N+](=O)[O-]. The molecule has 1 N–H and O–H groups in total. The highest BCUT2D eigenvalue weighted by molar-refractivity contribution is 6.28. The third-order valence-corrected chi connectivity index (χ3v) is 3.73. The van der Waals surface area contributed by atoms with Gasteiger partial charge in [-0.05, 0) is 24.4 Å². The Morgan fingerprint density at radius 3 is 2.74 bits per heavy atom. The average Bonchev–Trinajstić information content (AvgIpc) is 2.80. The van der Waals surface area contributed by atoms with Gasteiger partial charge in [0, 0.05) is 6.54 Å². The molecule has 8 nitrogen and oxygen atoms in total. The molecular formula is C11H10ClF3N4O4. The monoisotopic (exact) mass is 354 g/mol. The number of anilines is 1. The zero-order chi connectivity index (χ0) is 17.4. The van der Waals surface area contributed by atoms with Crippen LogP contribution in [0.15, 0.2) is 6.20 Å². The third-order valence-electron chi connectivity index (χ3n) is 3.55. The summed E-state index contributed by atoms with van der Waals surface area (Å²) in [7, 11) is 0. The summed E-state index contributed by atoms with van der Waals surface area (Å²) >= 11 is 5.56. The van der Waals surface area contributed by atoms with E-state index < -0.39 is 45.8 Å². The molecule has 126 valence electrons. The summed E-state index contributed by atoms with van der Waals surface area (Å²) in [5, 5.41) is 20.0. The van der Waals surface area contributed by atoms with Crippen LogP contribution in [0, 0.1) is 10.1 Å². The summed E-state index contributed by atoms with van der Waals surface area (Å²) in [5.74, 6) is -2.25. The van der Waals surface area contributed by atoms with Gasteiger partial charge in [-0.25, -0.2) is 9.78 Å². The van der Waals surface area contributed by atoms with Crippen molar-refractivity contribution < 1.29 is 28.0 Å². The van der Waals surface area contributed by atoms with Gasteiger partial charge < -0.3 is 10.0 Å². The predicted molar refractivity (Wildman–Crippen MR) is 71.3 cm³/mol. The van der Waals surface area contributed by atoms with Gasteiger partial charge in [-0.3, -0.25) is 10.1 Å². The Labute approximate surface area is 132 Å². The van der Waals surface area contributed by atoms with Crippen molar-refractivity contribution in [3.63, 3.8) is 0 Å². The predicted octanol–water partition coefficient (Wildman–Crippen LogP) is 2.41. The van der Waals surface area contributed by atoms with Crippen molar-refractivity contribution >= 4 is 29.1 Å². The molecule has 0 aliphatic carbocycles. The molecule has 0 bridgehead atoms. The number of alkyl halides is 3. The van der Waals surface area contributed by atoms with Crippen LogP contribution in [-0.4, -0.2) is 44.2 Å². The number of rotatable bonds is 4. The number of carboxylic acids is 1. The second kappa shape index (κ2) is 5.80. The molecule has 2 heterocycles. The van der Waals surface area contributed by atoms with E-state index in [1.807, 2.05) is 0 Å². The highest BCUT2D eigenvalue weighted by Gasteiger charge is 2.56. The number of nitro groups is 1. The number of carbonyl (C=O) groups is 1. The number of nitrogens with zero attached hydrogens (tertiary/aromatic N) is 4. The minimum Gasteiger partial charge on any atom is -0.479 e. The smallest absolute Gasteiger partial charge is 0.391 e. The molecule has 2 rings (SSSR count). The zero-order valence-electron chi connectivity index (χ0n) is 11.4. The Hall–Kier alpha value is -2.17. The lowest BCUT2D eigenvalue weighted by atomic mass is 9.91. The summed E-state index contributed by atoms with van der Waals surface area (Å²) in [5.41, 5.74) is -3.06. The van der Waals surface area contributed by atoms with Gasteiger partial charge in [0.1, 0.15) is 11.7 Å². The van der Waals surface area contributed by atoms with Crippen LogP contribution in [0.4, 0.5) is 24.7 Å². The molecule has 1 aromatic heterocycles. The van der Waals surface area contributed by atoms with Crippen LogP contribution >= 0.6 is 11.6 Å². The maximum absolute atomic E-state index is 12.9. The largest absolute Gasteiger partial charge is 0.479 e. The van der Waals surface area contributed by atoms with Crippen LogP contribution in [0.25, 0.3) is 0 Å². The first-order chi connectivity index (χ1) is 10.6. The third kappa shape index (κ3) is 3.28. The Balaban J connectivity index is 2.59. The van der Waals surface area contributed by atoms with E-state index in [0.29, 0.717) is 0 Å². The summed E-state index contributed by atoms with van der Waals surface area (Å²) in [6, 6.07) is 0. The molecular weight excluding hydrogens is 345 g/mol. The van der Waals surface area contributed by atoms with Crippen molar-refractivity contribution in [3.05, 3.63) is 21.6 Å². The summed E-state index contributed by atoms with van der Waals surface area (Å²) in [4.78, 5) is 29.5. The molecule has 1 fully saturated rings. The van der Waals surface area contributed by atoms with Crippen molar-refractivity contribution in [2.45, 2.75) is 31.0 Å². The van der Waals surface area contributed by atoms with Crippen LogP contribution in [0.2, 0.25) is 5.28 Å². The van der Waals surface area contributed by atoms with Gasteiger partial charge in [0.15, 0.2) is 0 Å². The van der Waals surface area contributed by atoms with E-state index in [1.165, 1.54) is 0 Å². The maximum atomic E-state index is 12.9. The minimum absolute atomic E-state index is 0.112. The molecule has 1 aliphatic rings. The number of aromatic nitrogens is 2. The van der Waals surface area contributed by atoms with Crippen molar-refractivity contribution in [1.29, 1.82) is 0 Å². The summed E-state index contributed by atoms with van der Waals surface area (Å²) in [6.07, 6.45) is -5.90. The van der Waals surface area contributed by atoms with Gasteiger partial charge in [-0.1, -0.05) is 0 Å². The number of halogens is 4. The highest BCUT2D eigenvalue weighted by Crippen LogP contribution is 2.43. The quantitative estimate of drug-likeness (QED) is 0.502. The van der Waals surface area contributed by atoms with Crippen LogP contribution < -0.4 is 4.90 Å². The van der Waals surface area contributed by atoms with E-state index >= 15 is 0 Å². The van der Waals surface area contributed by atoms with Crippen LogP contribution in [0.3, 0.4) is 0 Å². The normalized spacial score (nSPS) is 21.5. The lowest BCUT2D eigenvalue weighted by Crippen LogP contribution is -2.53. The number of hydrogen-bond donors (Lipinski definition) is 1. The van der Waals surface area contributed by atoms with Crippen molar-refractivity contribution in [2.24, 2.45) is 0 Å². The van der Waals surface area contributed by atoms with Gasteiger partial charge in [0.25, 0.3) is 0 Å². The Bertz CT molecular complexity index is 657. The van der Waals surface area contributed by atoms with E-state index in [-0.39, 0.29) is 19.4 Å². The van der Waals surface area contributed by atoms with E-state index in [0.717, 1.165) is 11.1 Å². The summed E-state index contributed by atoms with van der Waals surface area (Å²) in [6.45, 7) is -0.128. The van der Waals surface area contributed by atoms with E-state index in [4.69, 9.17) is 11.6 Å². The molecule has 1 aliphatic heterocycles. The molecule has 0 amide bonds. The first kappa shape index (κ1) is 17.2. The van der Waals surface area contributed by atoms with Crippen LogP contribution in [-0.2, 0) is 4.79 Å². The molecule has 0 aromatic carbocycles. The van der Waals surface area contributed by atoms with Gasteiger partial charge in [-0.2, -0.15) is 18.2 Å². The van der Waals surface area contributed by atoms with E-state index in [9.17, 15) is 33.2 Å². The lowest BCUT2D eigenvalue weighted by Gasteiger charge is -2.35. The molecule has 1 saturated heterocycles. The van der Waals surface area contributed by atoms with E-state index in [2.05, 4.69) is 9.97 Å². The van der Waals surface area contributed by atoms with Crippen LogP contribution in [0.5, 0.6) is 0 Å². The topological polar surface area (TPSA) is 109 Å². The molecule has 1 unspecified atom stereocenters. The van der Waals surface area contributed by atoms with E-state index in [1.54, 1.807) is 0 Å². The first-order valence-electron chi connectivity index (χ1n) is 6.31.